The minimum absolute atomic E-state index is 0. The first kappa shape index (κ1) is 108. The van der Waals surface area contributed by atoms with Crippen molar-refractivity contribution in [3.63, 3.8) is 0 Å². The molecule has 3 saturated heterocycles. The van der Waals surface area contributed by atoms with Crippen molar-refractivity contribution in [3.8, 4) is 0 Å². The molecular formula is C63H138N5O26P. The maximum absolute atomic E-state index is 13.7. The Hall–Kier alpha value is -3.22. The molecule has 0 aromatic carbocycles. The molecule has 0 aliphatic carbocycles. The number of aliphatic hydroxyl groups is 9. The second-order valence-corrected chi connectivity index (χ2v) is 25.2. The molecule has 0 bridgehead atoms. The van der Waals surface area contributed by atoms with Crippen molar-refractivity contribution in [2.45, 2.75) is 252 Å². The summed E-state index contributed by atoms with van der Waals surface area (Å²) in [5.74, 6) is -4.60. The molecule has 0 saturated carbocycles. The molecule has 0 radical (unpaired) electrons. The van der Waals surface area contributed by atoms with Crippen LogP contribution in [-0.4, -0.2) is 277 Å². The Kier molecular flexibility index (Phi) is 63.0. The van der Waals surface area contributed by atoms with Crippen LogP contribution in [0.1, 0.15) is 167 Å². The van der Waals surface area contributed by atoms with Crippen LogP contribution in [0, 0.1) is 17.8 Å². The zero-order valence-electron chi connectivity index (χ0n) is 49.8. The molecular weight excluding hydrogens is 1270 g/mol. The minimum atomic E-state index is -3.96. The number of hydrogen-bond donors (Lipinski definition) is 15. The maximum atomic E-state index is 13.7. The van der Waals surface area contributed by atoms with E-state index >= 15 is 0 Å². The molecule has 15 N–H and O–H groups in total. The predicted octanol–water partition coefficient (Wildman–Crippen LogP) is 2.11. The van der Waals surface area contributed by atoms with Crippen LogP contribution in [0.25, 0.3) is 0 Å². The summed E-state index contributed by atoms with van der Waals surface area (Å²) >= 11 is 0. The van der Waals surface area contributed by atoms with Crippen LogP contribution in [0.2, 0.25) is 0 Å². The van der Waals surface area contributed by atoms with Gasteiger partial charge in [0.2, 0.25) is 29.5 Å². The van der Waals surface area contributed by atoms with Crippen LogP contribution in [0.5, 0.6) is 0 Å². The lowest BCUT2D eigenvalue weighted by Gasteiger charge is -2.40. The van der Waals surface area contributed by atoms with Gasteiger partial charge in [-0.3, -0.25) is 28.5 Å². The molecule has 3 rings (SSSR count). The molecule has 3 aliphatic heterocycles. The highest BCUT2D eigenvalue weighted by Crippen LogP contribution is 2.54. The van der Waals surface area contributed by atoms with Crippen molar-refractivity contribution in [2.75, 3.05) is 112 Å². The molecule has 5 amide bonds. The second kappa shape index (κ2) is 55.5. The number of hydrogen-bond acceptors (Lipinski definition) is 25. The number of rotatable bonds is 41. The number of nitrogens with one attached hydrogen (secondary N) is 5. The quantitative estimate of drug-likeness (QED) is 0.0237. The van der Waals surface area contributed by atoms with Gasteiger partial charge in [-0.1, -0.05) is 95.0 Å². The number of aliphatic hydroxyl groups excluding tert-OH is 9. The van der Waals surface area contributed by atoms with Crippen LogP contribution >= 0.6 is 7.60 Å². The van der Waals surface area contributed by atoms with Gasteiger partial charge in [-0.25, -0.2) is 0 Å². The SMILES string of the molecule is C.C.C.C.C.C.C.C.C.C.CC1[C@H](OCCCNC(=O)CCOCC(COCCC(=O)NCCCO[C@@H]2OC(CO)[C@H](O)[C@H](O)C2C)(COCCC(=O)NCCCO[C@@H]2OC(CO)[C@H](O)[C@H](O)C2C)NC(=O)CC(=O)NCCCOP(=O)(O)C(C)(C)C)OC(CO)[C@H](O)[C@@H]1O. The molecule has 3 heterocycles. The fraction of sp³-hybridized carbons (Fsp3) is 0.921. The normalized spacial score (nSPS) is 26.4. The van der Waals surface area contributed by atoms with E-state index < -0.39 is 166 Å². The monoisotopic (exact) mass is 1410 g/mol. The number of carbonyl (C=O) groups excluding carboxylic acids is 5. The van der Waals surface area contributed by atoms with Crippen LogP contribution in [-0.2, 0) is 75.7 Å². The van der Waals surface area contributed by atoms with E-state index in [9.17, 15) is 79.4 Å². The first-order chi connectivity index (χ1) is 40.2. The molecule has 31 nitrogen and oxygen atoms in total. The third-order valence-corrected chi connectivity index (χ3v) is 16.6. The fourth-order valence-electron chi connectivity index (χ4n) is 8.76. The Labute approximate surface area is 570 Å². The summed E-state index contributed by atoms with van der Waals surface area (Å²) in [5.41, 5.74) is -1.61. The van der Waals surface area contributed by atoms with Gasteiger partial charge in [-0.2, -0.15) is 0 Å². The lowest BCUT2D eigenvalue weighted by atomic mass is 9.92. The summed E-state index contributed by atoms with van der Waals surface area (Å²) in [7, 11) is -3.96. The second-order valence-electron chi connectivity index (χ2n) is 22.6. The van der Waals surface area contributed by atoms with Crippen molar-refractivity contribution in [1.82, 2.24) is 26.6 Å². The third-order valence-electron chi connectivity index (χ3n) is 14.4. The largest absolute Gasteiger partial charge is 0.394 e. The van der Waals surface area contributed by atoms with Gasteiger partial charge >= 0.3 is 7.60 Å². The first-order valence-electron chi connectivity index (χ1n) is 29.0. The van der Waals surface area contributed by atoms with Gasteiger partial charge in [-0.05, 0) is 46.5 Å². The number of ether oxygens (including phenoxy) is 9. The summed E-state index contributed by atoms with van der Waals surface area (Å²) in [4.78, 5) is 75.6. The standard InChI is InChI=1S/C53H98N5O26P.10CH4/c1-32-43(67)46(70)35(26-59)82-49(32)78-18-7-14-54-38(62)11-22-75-29-53(58-42(66)25-41(65)57-17-10-21-81-85(73,74)52(4,5)6,30-76-23-12-39(63)55-15-8-19-79-50-33(2)44(68)47(71)36(27-60)83-50)31-77-24-13-40(64)56-16-9-20-80-51-34(3)45(69)48(72)37(28-61)84-51;;;;;;;;;;/h32-37,43-51,59-61,67-72H,7-31H2,1-6H3,(H,54,62)(H,55,63)(H,56,64)(H,57,65)(H,58,66)(H,73,74);10*1H4/t32?,33?,34?,35?,36?,37?,43-,44-,45-,46+,47+,48+,49-,50-,51-,53?;;;;;;;;;;/m1........../s1. The molecule has 0 spiro atoms. The Bertz CT molecular complexity index is 1860. The van der Waals surface area contributed by atoms with E-state index in [1.54, 1.807) is 41.5 Å². The molecule has 3 aliphatic rings. The van der Waals surface area contributed by atoms with E-state index in [1.807, 2.05) is 0 Å². The van der Waals surface area contributed by atoms with Gasteiger partial charge in [-0.15, -0.1) is 0 Å². The van der Waals surface area contributed by atoms with Crippen LogP contribution in [0.15, 0.2) is 0 Å². The molecule has 3 fully saturated rings. The summed E-state index contributed by atoms with van der Waals surface area (Å²) in [6, 6.07) is 0. The van der Waals surface area contributed by atoms with Gasteiger partial charge in [0.05, 0.1) is 109 Å². The Balaban J connectivity index is -0.00000126. The average Bonchev–Trinajstić information content (AvgIpc) is 0.848. The Morgan fingerprint density at radius 2 is 0.695 bits per heavy atom. The van der Waals surface area contributed by atoms with Crippen LogP contribution in [0.3, 0.4) is 0 Å². The molecule has 0 aromatic heterocycles. The lowest BCUT2D eigenvalue weighted by Crippen LogP contribution is -2.59. The molecule has 7 unspecified atom stereocenters. The van der Waals surface area contributed by atoms with E-state index in [4.69, 9.17) is 47.2 Å². The minimum Gasteiger partial charge on any atom is -0.394 e. The molecule has 16 atom stereocenters. The molecule has 0 aromatic rings. The van der Waals surface area contributed by atoms with Crippen LogP contribution in [0.4, 0.5) is 0 Å². The zero-order chi connectivity index (χ0) is 63.3. The highest BCUT2D eigenvalue weighted by molar-refractivity contribution is 7.54. The fourth-order valence-corrected chi connectivity index (χ4v) is 9.52. The van der Waals surface area contributed by atoms with E-state index in [0.717, 1.165) is 0 Å². The predicted molar refractivity (Wildman–Crippen MR) is 364 cm³/mol. The summed E-state index contributed by atoms with van der Waals surface area (Å²) < 4.78 is 69.3. The zero-order valence-corrected chi connectivity index (χ0v) is 50.7. The Morgan fingerprint density at radius 1 is 0.421 bits per heavy atom. The summed E-state index contributed by atoms with van der Waals surface area (Å²) in [6.45, 7) is 6.87. The third kappa shape index (κ3) is 37.7. The van der Waals surface area contributed by atoms with Crippen molar-refractivity contribution >= 4 is 37.1 Å². The number of carbonyl (C=O) groups is 5. The molecule has 576 valence electrons. The van der Waals surface area contributed by atoms with Crippen molar-refractivity contribution in [2.24, 2.45) is 17.8 Å². The van der Waals surface area contributed by atoms with Gasteiger partial charge in [0, 0.05) is 63.2 Å². The van der Waals surface area contributed by atoms with E-state index in [2.05, 4.69) is 26.6 Å². The van der Waals surface area contributed by atoms with Gasteiger partial charge in [0.1, 0.15) is 48.6 Å². The highest BCUT2D eigenvalue weighted by Gasteiger charge is 2.45. The van der Waals surface area contributed by atoms with Crippen molar-refractivity contribution in [1.29, 1.82) is 0 Å². The highest BCUT2D eigenvalue weighted by atomic mass is 31.2. The number of amides is 5. The Morgan fingerprint density at radius 3 is 0.968 bits per heavy atom. The summed E-state index contributed by atoms with van der Waals surface area (Å²) in [6.07, 6.45) is -13.3. The smallest absolute Gasteiger partial charge is 0.333 e. The van der Waals surface area contributed by atoms with E-state index in [0.29, 0.717) is 19.3 Å². The average molecular weight is 1410 g/mol. The molecule has 95 heavy (non-hydrogen) atoms. The van der Waals surface area contributed by atoms with Gasteiger partial charge in [0.25, 0.3) is 0 Å². The lowest BCUT2D eigenvalue weighted by molar-refractivity contribution is -0.282. The van der Waals surface area contributed by atoms with Crippen molar-refractivity contribution < 1.29 is 127 Å². The van der Waals surface area contributed by atoms with Gasteiger partial charge in [0.15, 0.2) is 18.9 Å². The maximum Gasteiger partial charge on any atom is 0.333 e. The topological polar surface area (TPSA) is 457 Å². The summed E-state index contributed by atoms with van der Waals surface area (Å²) in [5, 5.41) is 102. The first-order valence-corrected chi connectivity index (χ1v) is 30.6. The van der Waals surface area contributed by atoms with E-state index in [1.165, 1.54) is 0 Å². The van der Waals surface area contributed by atoms with E-state index in [-0.39, 0.29) is 192 Å². The molecule has 32 heteroatoms. The van der Waals surface area contributed by atoms with Gasteiger partial charge < -0.3 is 125 Å². The van der Waals surface area contributed by atoms with Crippen molar-refractivity contribution in [3.05, 3.63) is 0 Å². The van der Waals surface area contributed by atoms with Crippen LogP contribution < -0.4 is 26.6 Å².